The van der Waals surface area contributed by atoms with Crippen LogP contribution in [0.2, 0.25) is 0 Å². The number of nitrogens with zero attached hydrogens (tertiary/aromatic N) is 2. The minimum atomic E-state index is -1.62. The molecular formula is C26H22N2O4. The van der Waals surface area contributed by atoms with Gasteiger partial charge >= 0.3 is 5.97 Å². The van der Waals surface area contributed by atoms with Crippen LogP contribution < -0.4 is 4.90 Å². The monoisotopic (exact) mass is 426 g/mol. The summed E-state index contributed by atoms with van der Waals surface area (Å²) in [6, 6.07) is 26.3. The lowest BCUT2D eigenvalue weighted by Gasteiger charge is -2.36. The van der Waals surface area contributed by atoms with Crippen molar-refractivity contribution in [2.75, 3.05) is 11.9 Å². The number of para-hydroxylation sites is 1. The smallest absolute Gasteiger partial charge is 0.340 e. The average molecular weight is 426 g/mol. The highest BCUT2D eigenvalue weighted by Crippen LogP contribution is 2.53. The lowest BCUT2D eigenvalue weighted by molar-refractivity contribution is -0.164. The maximum atomic E-state index is 13.8. The molecule has 2 atom stereocenters. The van der Waals surface area contributed by atoms with Crippen molar-refractivity contribution in [2.24, 2.45) is 4.99 Å². The predicted octanol–water partition coefficient (Wildman–Crippen LogP) is 3.64. The molecule has 32 heavy (non-hydrogen) atoms. The number of esters is 1. The normalized spacial score (nSPS) is 23.3. The first-order valence-electron chi connectivity index (χ1n) is 10.4. The number of carbonyl (C=O) groups is 2. The lowest BCUT2D eigenvalue weighted by atomic mass is 9.72. The molecule has 2 heterocycles. The first-order chi connectivity index (χ1) is 15.6. The second-order valence-electron chi connectivity index (χ2n) is 8.00. The van der Waals surface area contributed by atoms with Gasteiger partial charge in [-0.05, 0) is 17.2 Å². The SMILES string of the molecule is CN1C(=O)[C@]2(OC=N[C@@]2(Cc2ccccc2)C(=O)OCc2ccccc2)c2ccccc21. The summed E-state index contributed by atoms with van der Waals surface area (Å²) >= 11 is 0. The number of hydrogen-bond acceptors (Lipinski definition) is 5. The van der Waals surface area contributed by atoms with Gasteiger partial charge in [0.25, 0.3) is 11.5 Å². The van der Waals surface area contributed by atoms with Gasteiger partial charge in [0.05, 0.1) is 5.69 Å². The molecule has 2 aliphatic heterocycles. The molecule has 0 saturated carbocycles. The molecule has 0 aliphatic carbocycles. The molecule has 3 aromatic rings. The number of benzene rings is 3. The van der Waals surface area contributed by atoms with E-state index < -0.39 is 17.1 Å². The second-order valence-corrected chi connectivity index (χ2v) is 8.00. The number of amides is 1. The largest absolute Gasteiger partial charge is 0.459 e. The van der Waals surface area contributed by atoms with Crippen molar-refractivity contribution in [1.29, 1.82) is 0 Å². The Kier molecular flexibility index (Phi) is 4.78. The van der Waals surface area contributed by atoms with Crippen LogP contribution in [-0.2, 0) is 37.7 Å². The van der Waals surface area contributed by atoms with E-state index in [1.807, 2.05) is 84.9 Å². The van der Waals surface area contributed by atoms with Gasteiger partial charge in [0.15, 0.2) is 6.40 Å². The Morgan fingerprint density at radius 2 is 1.56 bits per heavy atom. The molecule has 0 saturated heterocycles. The van der Waals surface area contributed by atoms with Crippen molar-refractivity contribution >= 4 is 24.0 Å². The molecule has 0 N–H and O–H groups in total. The molecule has 0 bridgehead atoms. The summed E-state index contributed by atoms with van der Waals surface area (Å²) in [4.78, 5) is 33.5. The molecule has 0 aromatic heterocycles. The Balaban J connectivity index is 1.62. The molecule has 5 rings (SSSR count). The number of fused-ring (bicyclic) bond motifs is 2. The van der Waals surface area contributed by atoms with Crippen LogP contribution in [0.15, 0.2) is 89.9 Å². The third-order valence-electron chi connectivity index (χ3n) is 6.19. The van der Waals surface area contributed by atoms with Gasteiger partial charge in [-0.2, -0.15) is 0 Å². The molecule has 6 nitrogen and oxygen atoms in total. The van der Waals surface area contributed by atoms with Gasteiger partial charge in [-0.1, -0.05) is 78.9 Å². The summed E-state index contributed by atoms with van der Waals surface area (Å²) in [5, 5.41) is 0. The van der Waals surface area contributed by atoms with Crippen molar-refractivity contribution < 1.29 is 19.1 Å². The van der Waals surface area contributed by atoms with E-state index in [-0.39, 0.29) is 18.9 Å². The molecule has 1 amide bonds. The van der Waals surface area contributed by atoms with Crippen molar-refractivity contribution in [3.8, 4) is 0 Å². The third-order valence-corrected chi connectivity index (χ3v) is 6.19. The Labute approximate surface area is 186 Å². The van der Waals surface area contributed by atoms with Crippen LogP contribution in [-0.4, -0.2) is 30.9 Å². The number of likely N-dealkylation sites (N-methyl/N-ethyl adjacent to an activating group) is 1. The van der Waals surface area contributed by atoms with E-state index in [2.05, 4.69) is 4.99 Å². The first-order valence-corrected chi connectivity index (χ1v) is 10.4. The van der Waals surface area contributed by atoms with Crippen LogP contribution >= 0.6 is 0 Å². The highest BCUT2D eigenvalue weighted by Gasteiger charge is 2.71. The molecule has 0 unspecified atom stereocenters. The standard InChI is InChI=1S/C26H22N2O4/c1-28-22-15-9-8-14-21(22)26(23(28)29)25(27-18-32-26,16-19-10-4-2-5-11-19)24(30)31-17-20-12-6-3-7-13-20/h2-15,18H,16-17H2,1H3/t25-,26+/m0/s1. The van der Waals surface area contributed by atoms with Gasteiger partial charge in [-0.3, -0.25) is 4.79 Å². The molecule has 0 fully saturated rings. The van der Waals surface area contributed by atoms with Crippen LogP contribution in [0.5, 0.6) is 0 Å². The van der Waals surface area contributed by atoms with E-state index in [1.54, 1.807) is 7.05 Å². The molecule has 3 aromatic carbocycles. The van der Waals surface area contributed by atoms with Crippen LogP contribution in [0.3, 0.4) is 0 Å². The number of anilines is 1. The minimum absolute atomic E-state index is 0.0769. The fourth-order valence-electron chi connectivity index (χ4n) is 4.59. The molecule has 2 aliphatic rings. The Morgan fingerprint density at radius 3 is 2.28 bits per heavy atom. The van der Waals surface area contributed by atoms with Gasteiger partial charge in [-0.25, -0.2) is 9.79 Å². The third kappa shape index (κ3) is 2.83. The van der Waals surface area contributed by atoms with Crippen LogP contribution in [0.4, 0.5) is 5.69 Å². The molecule has 160 valence electrons. The molecule has 6 heteroatoms. The highest BCUT2D eigenvalue weighted by atomic mass is 16.6. The van der Waals surface area contributed by atoms with Crippen molar-refractivity contribution in [3.63, 3.8) is 0 Å². The number of ether oxygens (including phenoxy) is 2. The molecule has 0 radical (unpaired) electrons. The van der Waals surface area contributed by atoms with Crippen LogP contribution in [0.25, 0.3) is 0 Å². The number of carbonyl (C=O) groups excluding carboxylic acids is 2. The first kappa shape index (κ1) is 20.0. The minimum Gasteiger partial charge on any atom is -0.459 e. The number of rotatable bonds is 5. The topological polar surface area (TPSA) is 68.2 Å². The predicted molar refractivity (Wildman–Crippen MR) is 120 cm³/mol. The Bertz CT molecular complexity index is 1190. The zero-order valence-corrected chi connectivity index (χ0v) is 17.6. The summed E-state index contributed by atoms with van der Waals surface area (Å²) in [5.41, 5.74) is -0.217. The van der Waals surface area contributed by atoms with E-state index in [0.29, 0.717) is 11.3 Å². The van der Waals surface area contributed by atoms with Crippen molar-refractivity contribution in [3.05, 3.63) is 102 Å². The van der Waals surface area contributed by atoms with Crippen LogP contribution in [0.1, 0.15) is 16.7 Å². The number of hydrogen-bond donors (Lipinski definition) is 0. The Morgan fingerprint density at radius 1 is 0.938 bits per heavy atom. The van der Waals surface area contributed by atoms with E-state index in [1.165, 1.54) is 11.3 Å². The zero-order valence-electron chi connectivity index (χ0n) is 17.6. The van der Waals surface area contributed by atoms with E-state index in [4.69, 9.17) is 9.47 Å². The summed E-state index contributed by atoms with van der Waals surface area (Å²) in [6.07, 6.45) is 1.38. The van der Waals surface area contributed by atoms with Gasteiger partial charge in [0.2, 0.25) is 5.54 Å². The number of aliphatic imine (C=N–C) groups is 1. The average Bonchev–Trinajstić information content (AvgIpc) is 3.32. The quantitative estimate of drug-likeness (QED) is 0.584. The van der Waals surface area contributed by atoms with Crippen molar-refractivity contribution in [1.82, 2.24) is 0 Å². The highest BCUT2D eigenvalue weighted by molar-refractivity contribution is 6.12. The zero-order chi connectivity index (χ0) is 22.2. The fourth-order valence-corrected chi connectivity index (χ4v) is 4.59. The van der Waals surface area contributed by atoms with Gasteiger partial charge in [0.1, 0.15) is 6.61 Å². The Hall–Kier alpha value is -3.93. The molecular weight excluding hydrogens is 404 g/mol. The summed E-state index contributed by atoms with van der Waals surface area (Å²) in [7, 11) is 1.68. The van der Waals surface area contributed by atoms with E-state index in [9.17, 15) is 9.59 Å². The van der Waals surface area contributed by atoms with Gasteiger partial charge < -0.3 is 14.4 Å². The second kappa shape index (κ2) is 7.64. The summed E-state index contributed by atoms with van der Waals surface area (Å²) in [6.45, 7) is 0.0769. The van der Waals surface area contributed by atoms with E-state index >= 15 is 0 Å². The fraction of sp³-hybridized carbons (Fsp3) is 0.192. The molecule has 1 spiro atoms. The lowest BCUT2D eigenvalue weighted by Crippen LogP contribution is -2.60. The maximum absolute atomic E-state index is 13.8. The maximum Gasteiger partial charge on any atom is 0.340 e. The van der Waals surface area contributed by atoms with Gasteiger partial charge in [0, 0.05) is 19.0 Å². The summed E-state index contributed by atoms with van der Waals surface area (Å²) in [5.74, 6) is -0.943. The van der Waals surface area contributed by atoms with Crippen molar-refractivity contribution in [2.45, 2.75) is 24.2 Å². The van der Waals surface area contributed by atoms with Gasteiger partial charge in [-0.15, -0.1) is 0 Å². The van der Waals surface area contributed by atoms with Crippen LogP contribution in [0, 0.1) is 0 Å². The summed E-state index contributed by atoms with van der Waals surface area (Å²) < 4.78 is 11.8. The van der Waals surface area contributed by atoms with E-state index in [0.717, 1.165) is 11.1 Å².